The second-order valence-electron chi connectivity index (χ2n) is 3.30. The van der Waals surface area contributed by atoms with Crippen molar-refractivity contribution in [3.05, 3.63) is 11.0 Å². The van der Waals surface area contributed by atoms with Gasteiger partial charge in [0.15, 0.2) is 0 Å². The van der Waals surface area contributed by atoms with Gasteiger partial charge in [-0.05, 0) is 11.8 Å². The number of aliphatic carboxylic acids is 1. The number of carbonyl (C=O) groups excluding carboxylic acids is 2. The molecule has 0 bridgehead atoms. The third-order valence-corrected chi connectivity index (χ3v) is 3.45. The SMILES string of the molecule is CCSC1=CC2CC(=O)N2C1C(=O)[O-].[Na+]. The number of carboxylic acids is 1. The van der Waals surface area contributed by atoms with Gasteiger partial charge in [-0.1, -0.05) is 6.92 Å². The molecule has 0 radical (unpaired) electrons. The fourth-order valence-electron chi connectivity index (χ4n) is 1.87. The van der Waals surface area contributed by atoms with Gasteiger partial charge in [-0.25, -0.2) is 0 Å². The molecule has 0 saturated carbocycles. The largest absolute Gasteiger partial charge is 1.00 e. The Kier molecular flexibility index (Phi) is 4.29. The minimum atomic E-state index is -1.17. The fourth-order valence-corrected chi connectivity index (χ4v) is 2.83. The number of rotatable bonds is 3. The number of β-lactam (4-membered cyclic amide) rings is 1. The normalized spacial score (nSPS) is 27.7. The van der Waals surface area contributed by atoms with Gasteiger partial charge >= 0.3 is 29.6 Å². The summed E-state index contributed by atoms with van der Waals surface area (Å²) in [5, 5.41) is 10.9. The Hall–Kier alpha value is 0.0300. The van der Waals surface area contributed by atoms with E-state index in [2.05, 4.69) is 0 Å². The molecule has 0 spiro atoms. The molecule has 6 heteroatoms. The molecule has 4 nitrogen and oxygen atoms in total. The van der Waals surface area contributed by atoms with Gasteiger partial charge in [-0.15, -0.1) is 11.8 Å². The summed E-state index contributed by atoms with van der Waals surface area (Å²) in [5.41, 5.74) is 0. The van der Waals surface area contributed by atoms with Crippen LogP contribution in [0.25, 0.3) is 0 Å². The molecule has 76 valence electrons. The van der Waals surface area contributed by atoms with Crippen molar-refractivity contribution in [2.75, 3.05) is 5.75 Å². The van der Waals surface area contributed by atoms with Crippen LogP contribution < -0.4 is 34.7 Å². The zero-order valence-corrected chi connectivity index (χ0v) is 11.5. The molecule has 1 saturated heterocycles. The van der Waals surface area contributed by atoms with Crippen LogP contribution in [0.5, 0.6) is 0 Å². The average Bonchev–Trinajstić information content (AvgIpc) is 2.39. The topological polar surface area (TPSA) is 60.4 Å². The Bertz CT molecular complexity index is 331. The minimum Gasteiger partial charge on any atom is -0.547 e. The van der Waals surface area contributed by atoms with Gasteiger partial charge in [0, 0.05) is 4.91 Å². The third-order valence-electron chi connectivity index (χ3n) is 2.47. The van der Waals surface area contributed by atoms with Crippen LogP contribution in [-0.4, -0.2) is 34.6 Å². The first kappa shape index (κ1) is 13.1. The summed E-state index contributed by atoms with van der Waals surface area (Å²) in [6.07, 6.45) is 2.31. The van der Waals surface area contributed by atoms with E-state index in [-0.39, 0.29) is 41.5 Å². The molecule has 0 aromatic heterocycles. The van der Waals surface area contributed by atoms with E-state index < -0.39 is 12.0 Å². The smallest absolute Gasteiger partial charge is 0.547 e. The van der Waals surface area contributed by atoms with Crippen LogP contribution >= 0.6 is 11.8 Å². The molecule has 0 aromatic rings. The molecule has 2 unspecified atom stereocenters. The van der Waals surface area contributed by atoms with E-state index in [9.17, 15) is 14.7 Å². The molecule has 2 aliphatic rings. The quantitative estimate of drug-likeness (QED) is 0.374. The summed E-state index contributed by atoms with van der Waals surface area (Å²) < 4.78 is 0. The van der Waals surface area contributed by atoms with Crippen molar-refractivity contribution in [1.82, 2.24) is 4.90 Å². The Morgan fingerprint density at radius 1 is 1.73 bits per heavy atom. The predicted octanol–water partition coefficient (Wildman–Crippen LogP) is -3.64. The maximum atomic E-state index is 11.2. The standard InChI is InChI=1S/C9H11NO3S.Na/c1-2-14-6-3-5-4-7(11)10(5)8(6)9(12)13;/h3,5,8H,2,4H2,1H3,(H,12,13);/q;+1/p-1. The zero-order chi connectivity index (χ0) is 10.3. The summed E-state index contributed by atoms with van der Waals surface area (Å²) in [7, 11) is 0. The van der Waals surface area contributed by atoms with E-state index in [1.54, 1.807) is 0 Å². The molecule has 15 heavy (non-hydrogen) atoms. The van der Waals surface area contributed by atoms with E-state index in [0.29, 0.717) is 6.42 Å². The van der Waals surface area contributed by atoms with Crippen LogP contribution in [-0.2, 0) is 9.59 Å². The molecular formula is C9H10NNaO3S. The predicted molar refractivity (Wildman–Crippen MR) is 50.3 cm³/mol. The Balaban J connectivity index is 0.00000112. The molecule has 2 rings (SSSR count). The molecule has 0 aliphatic carbocycles. The molecule has 2 atom stereocenters. The van der Waals surface area contributed by atoms with E-state index in [1.807, 2.05) is 13.0 Å². The van der Waals surface area contributed by atoms with Gasteiger partial charge in [0.1, 0.15) is 6.04 Å². The van der Waals surface area contributed by atoms with Gasteiger partial charge in [0.05, 0.1) is 18.4 Å². The maximum absolute atomic E-state index is 11.2. The van der Waals surface area contributed by atoms with Gasteiger partial charge in [0.25, 0.3) is 0 Å². The zero-order valence-electron chi connectivity index (χ0n) is 8.73. The van der Waals surface area contributed by atoms with Crippen molar-refractivity contribution in [2.45, 2.75) is 25.4 Å². The van der Waals surface area contributed by atoms with Crippen LogP contribution in [0.1, 0.15) is 13.3 Å². The summed E-state index contributed by atoms with van der Waals surface area (Å²) in [6, 6.07) is -0.828. The Morgan fingerprint density at radius 2 is 2.40 bits per heavy atom. The van der Waals surface area contributed by atoms with Gasteiger partial charge < -0.3 is 14.8 Å². The monoisotopic (exact) mass is 235 g/mol. The van der Waals surface area contributed by atoms with Crippen molar-refractivity contribution >= 4 is 23.6 Å². The van der Waals surface area contributed by atoms with Crippen molar-refractivity contribution in [1.29, 1.82) is 0 Å². The molecular weight excluding hydrogens is 225 g/mol. The summed E-state index contributed by atoms with van der Waals surface area (Å²) in [6.45, 7) is 1.95. The first-order valence-corrected chi connectivity index (χ1v) is 5.50. The molecule has 0 N–H and O–H groups in total. The van der Waals surface area contributed by atoms with Crippen LogP contribution in [0, 0.1) is 0 Å². The second kappa shape index (κ2) is 4.91. The summed E-state index contributed by atoms with van der Waals surface area (Å²) >= 11 is 1.47. The van der Waals surface area contributed by atoms with E-state index >= 15 is 0 Å². The number of thioether (sulfide) groups is 1. The van der Waals surface area contributed by atoms with Crippen LogP contribution in [0.4, 0.5) is 0 Å². The Labute approximate surface area is 114 Å². The molecule has 2 aliphatic heterocycles. The number of nitrogens with zero attached hydrogens (tertiary/aromatic N) is 1. The summed E-state index contributed by atoms with van der Waals surface area (Å²) in [5.74, 6) is -0.454. The fraction of sp³-hybridized carbons (Fsp3) is 0.556. The van der Waals surface area contributed by atoms with E-state index in [1.165, 1.54) is 16.7 Å². The Morgan fingerprint density at radius 3 is 2.87 bits per heavy atom. The first-order valence-electron chi connectivity index (χ1n) is 4.51. The number of amides is 1. The number of hydrogen-bond acceptors (Lipinski definition) is 4. The molecule has 2 heterocycles. The van der Waals surface area contributed by atoms with E-state index in [0.717, 1.165) is 10.7 Å². The number of carbonyl (C=O) groups is 2. The molecule has 1 amide bonds. The average molecular weight is 235 g/mol. The second-order valence-corrected chi connectivity index (χ2v) is 4.63. The van der Waals surface area contributed by atoms with Crippen molar-refractivity contribution in [2.24, 2.45) is 0 Å². The third kappa shape index (κ3) is 2.11. The first-order chi connectivity index (χ1) is 6.65. The van der Waals surface area contributed by atoms with Crippen LogP contribution in [0.3, 0.4) is 0 Å². The number of hydrogen-bond donors (Lipinski definition) is 0. The van der Waals surface area contributed by atoms with Gasteiger partial charge in [-0.3, -0.25) is 4.79 Å². The van der Waals surface area contributed by atoms with Crippen molar-refractivity contribution < 1.29 is 44.3 Å². The van der Waals surface area contributed by atoms with Gasteiger partial charge in [-0.2, -0.15) is 0 Å². The van der Waals surface area contributed by atoms with Crippen molar-refractivity contribution in [3.63, 3.8) is 0 Å². The van der Waals surface area contributed by atoms with Crippen LogP contribution in [0.15, 0.2) is 11.0 Å². The molecule has 1 fully saturated rings. The van der Waals surface area contributed by atoms with E-state index in [4.69, 9.17) is 0 Å². The summed E-state index contributed by atoms with van der Waals surface area (Å²) in [4.78, 5) is 24.2. The maximum Gasteiger partial charge on any atom is 1.00 e. The van der Waals surface area contributed by atoms with Crippen molar-refractivity contribution in [3.8, 4) is 0 Å². The van der Waals surface area contributed by atoms with Crippen LogP contribution in [0.2, 0.25) is 0 Å². The minimum absolute atomic E-state index is 0. The number of carboxylic acid groups (broad SMARTS) is 1. The number of fused-ring (bicyclic) bond motifs is 1. The van der Waals surface area contributed by atoms with Gasteiger partial charge in [0.2, 0.25) is 5.91 Å². The molecule has 0 aromatic carbocycles.